The molecule has 0 atom stereocenters. The molecule has 0 bridgehead atoms. The first kappa shape index (κ1) is 11.3. The van der Waals surface area contributed by atoms with E-state index in [0.29, 0.717) is 24.5 Å². The molecule has 0 fully saturated rings. The minimum absolute atomic E-state index is 0.132. The van der Waals surface area contributed by atoms with Gasteiger partial charge in [0.05, 0.1) is 18.2 Å². The molecular formula is C10H13BrO3. The molecule has 0 radical (unpaired) electrons. The van der Waals surface area contributed by atoms with Gasteiger partial charge in [-0.25, -0.2) is 0 Å². The van der Waals surface area contributed by atoms with E-state index in [1.54, 1.807) is 7.11 Å². The molecule has 0 aromatic heterocycles. The number of hydrogen-bond acceptors (Lipinski definition) is 3. The molecule has 1 aromatic rings. The summed E-state index contributed by atoms with van der Waals surface area (Å²) < 4.78 is 11.5. The summed E-state index contributed by atoms with van der Waals surface area (Å²) >= 11 is 3.37. The van der Waals surface area contributed by atoms with Gasteiger partial charge >= 0.3 is 0 Å². The summed E-state index contributed by atoms with van der Waals surface area (Å²) in [5.41, 5.74) is 0. The topological polar surface area (TPSA) is 38.7 Å². The number of aliphatic hydroxyl groups excluding tert-OH is 1. The SMILES string of the molecule is COc1cccc(Br)c1OCCCO. The van der Waals surface area contributed by atoms with Crippen LogP contribution < -0.4 is 9.47 Å². The van der Waals surface area contributed by atoms with Gasteiger partial charge in [0.25, 0.3) is 0 Å². The van der Waals surface area contributed by atoms with Crippen molar-refractivity contribution >= 4 is 15.9 Å². The summed E-state index contributed by atoms with van der Waals surface area (Å²) in [7, 11) is 1.60. The summed E-state index contributed by atoms with van der Waals surface area (Å²) in [6.07, 6.45) is 0.616. The normalized spacial score (nSPS) is 9.93. The minimum atomic E-state index is 0.132. The Kier molecular flexibility index (Phi) is 4.76. The minimum Gasteiger partial charge on any atom is -0.493 e. The number of para-hydroxylation sites is 1. The number of aliphatic hydroxyl groups is 1. The molecule has 0 saturated carbocycles. The van der Waals surface area contributed by atoms with Gasteiger partial charge in [-0.1, -0.05) is 6.07 Å². The van der Waals surface area contributed by atoms with Crippen LogP contribution in [-0.2, 0) is 0 Å². The van der Waals surface area contributed by atoms with Crippen molar-refractivity contribution in [1.29, 1.82) is 0 Å². The third-order valence-electron chi connectivity index (χ3n) is 1.70. The Labute approximate surface area is 91.8 Å². The van der Waals surface area contributed by atoms with Crippen molar-refractivity contribution in [3.05, 3.63) is 22.7 Å². The molecule has 14 heavy (non-hydrogen) atoms. The Hall–Kier alpha value is -0.740. The van der Waals surface area contributed by atoms with Crippen molar-refractivity contribution < 1.29 is 14.6 Å². The molecule has 1 aromatic carbocycles. The maximum Gasteiger partial charge on any atom is 0.175 e. The van der Waals surface area contributed by atoms with Crippen LogP contribution in [0, 0.1) is 0 Å². The summed E-state index contributed by atoms with van der Waals surface area (Å²) in [5, 5.41) is 8.62. The number of rotatable bonds is 5. The van der Waals surface area contributed by atoms with Gasteiger partial charge in [0.1, 0.15) is 0 Å². The molecule has 1 N–H and O–H groups in total. The van der Waals surface area contributed by atoms with Crippen molar-refractivity contribution in [2.45, 2.75) is 6.42 Å². The Morgan fingerprint density at radius 1 is 1.43 bits per heavy atom. The van der Waals surface area contributed by atoms with Crippen LogP contribution in [-0.4, -0.2) is 25.4 Å². The predicted octanol–water partition coefficient (Wildman–Crippen LogP) is 2.22. The zero-order chi connectivity index (χ0) is 10.4. The first-order valence-corrected chi connectivity index (χ1v) is 5.15. The molecule has 0 saturated heterocycles. The third kappa shape index (κ3) is 2.89. The second-order valence-electron chi connectivity index (χ2n) is 2.70. The first-order chi connectivity index (χ1) is 6.79. The van der Waals surface area contributed by atoms with E-state index in [2.05, 4.69) is 15.9 Å². The summed E-state index contributed by atoms with van der Waals surface area (Å²) in [6, 6.07) is 5.59. The molecule has 4 heteroatoms. The van der Waals surface area contributed by atoms with Gasteiger partial charge in [0.2, 0.25) is 0 Å². The van der Waals surface area contributed by atoms with Crippen molar-refractivity contribution in [1.82, 2.24) is 0 Å². The van der Waals surface area contributed by atoms with Crippen LogP contribution in [0.1, 0.15) is 6.42 Å². The quantitative estimate of drug-likeness (QED) is 0.826. The zero-order valence-electron chi connectivity index (χ0n) is 8.00. The molecule has 0 aliphatic heterocycles. The van der Waals surface area contributed by atoms with Crippen molar-refractivity contribution in [3.63, 3.8) is 0 Å². The fourth-order valence-corrected chi connectivity index (χ4v) is 1.49. The second-order valence-corrected chi connectivity index (χ2v) is 3.55. The van der Waals surface area contributed by atoms with Crippen molar-refractivity contribution in [3.8, 4) is 11.5 Å². The Morgan fingerprint density at radius 2 is 2.21 bits per heavy atom. The van der Waals surface area contributed by atoms with Crippen LogP contribution in [0.25, 0.3) is 0 Å². The maximum atomic E-state index is 8.62. The van der Waals surface area contributed by atoms with Crippen LogP contribution in [0.5, 0.6) is 11.5 Å². The molecule has 0 aliphatic carbocycles. The molecule has 0 aliphatic rings. The lowest BCUT2D eigenvalue weighted by molar-refractivity contribution is 0.227. The number of halogens is 1. The van der Waals surface area contributed by atoms with Gasteiger partial charge in [-0.05, 0) is 28.1 Å². The standard InChI is InChI=1S/C10H13BrO3/c1-13-9-5-2-4-8(11)10(9)14-7-3-6-12/h2,4-5,12H,3,6-7H2,1H3. The Balaban J connectivity index is 2.72. The highest BCUT2D eigenvalue weighted by Gasteiger charge is 2.07. The Bertz CT molecular complexity index is 289. The number of methoxy groups -OCH3 is 1. The van der Waals surface area contributed by atoms with Crippen LogP contribution in [0.2, 0.25) is 0 Å². The van der Waals surface area contributed by atoms with Crippen molar-refractivity contribution in [2.24, 2.45) is 0 Å². The molecule has 3 nitrogen and oxygen atoms in total. The lowest BCUT2D eigenvalue weighted by atomic mass is 10.3. The van der Waals surface area contributed by atoms with Gasteiger partial charge in [0, 0.05) is 13.0 Å². The Morgan fingerprint density at radius 3 is 2.86 bits per heavy atom. The maximum absolute atomic E-state index is 8.62. The van der Waals surface area contributed by atoms with E-state index in [0.717, 1.165) is 4.47 Å². The van der Waals surface area contributed by atoms with Gasteiger partial charge < -0.3 is 14.6 Å². The van der Waals surface area contributed by atoms with Crippen molar-refractivity contribution in [2.75, 3.05) is 20.3 Å². The van der Waals surface area contributed by atoms with E-state index >= 15 is 0 Å². The third-order valence-corrected chi connectivity index (χ3v) is 2.32. The van der Waals surface area contributed by atoms with Gasteiger partial charge in [0.15, 0.2) is 11.5 Å². The number of hydrogen-bond donors (Lipinski definition) is 1. The monoisotopic (exact) mass is 260 g/mol. The van der Waals surface area contributed by atoms with E-state index in [-0.39, 0.29) is 6.61 Å². The van der Waals surface area contributed by atoms with E-state index < -0.39 is 0 Å². The van der Waals surface area contributed by atoms with Gasteiger partial charge in [-0.2, -0.15) is 0 Å². The van der Waals surface area contributed by atoms with Crippen LogP contribution in [0.4, 0.5) is 0 Å². The molecule has 0 spiro atoms. The molecule has 1 rings (SSSR count). The van der Waals surface area contributed by atoms with Gasteiger partial charge in [-0.15, -0.1) is 0 Å². The molecular weight excluding hydrogens is 248 g/mol. The second kappa shape index (κ2) is 5.88. The average molecular weight is 261 g/mol. The van der Waals surface area contributed by atoms with Crippen LogP contribution in [0.15, 0.2) is 22.7 Å². The lowest BCUT2D eigenvalue weighted by Gasteiger charge is -2.11. The molecule has 0 heterocycles. The van der Waals surface area contributed by atoms with Crippen LogP contribution >= 0.6 is 15.9 Å². The first-order valence-electron chi connectivity index (χ1n) is 4.35. The highest BCUT2D eigenvalue weighted by molar-refractivity contribution is 9.10. The highest BCUT2D eigenvalue weighted by Crippen LogP contribution is 2.34. The largest absolute Gasteiger partial charge is 0.493 e. The summed E-state index contributed by atoms with van der Waals surface area (Å²) in [4.78, 5) is 0. The molecule has 78 valence electrons. The summed E-state index contributed by atoms with van der Waals surface area (Å²) in [6.45, 7) is 0.613. The van der Waals surface area contributed by atoms with Crippen LogP contribution in [0.3, 0.4) is 0 Å². The predicted molar refractivity (Wildman–Crippen MR) is 57.9 cm³/mol. The molecule has 0 unspecified atom stereocenters. The average Bonchev–Trinajstić information content (AvgIpc) is 2.20. The van der Waals surface area contributed by atoms with E-state index in [9.17, 15) is 0 Å². The lowest BCUT2D eigenvalue weighted by Crippen LogP contribution is -2.01. The van der Waals surface area contributed by atoms with E-state index in [1.165, 1.54) is 0 Å². The van der Waals surface area contributed by atoms with Gasteiger partial charge in [-0.3, -0.25) is 0 Å². The fourth-order valence-electron chi connectivity index (χ4n) is 1.03. The summed E-state index contributed by atoms with van der Waals surface area (Å²) in [5.74, 6) is 1.38. The zero-order valence-corrected chi connectivity index (χ0v) is 9.58. The number of benzene rings is 1. The smallest absolute Gasteiger partial charge is 0.175 e. The van der Waals surface area contributed by atoms with E-state index in [1.807, 2.05) is 18.2 Å². The number of ether oxygens (including phenoxy) is 2. The highest BCUT2D eigenvalue weighted by atomic mass is 79.9. The van der Waals surface area contributed by atoms with E-state index in [4.69, 9.17) is 14.6 Å². The fraction of sp³-hybridized carbons (Fsp3) is 0.400. The molecule has 0 amide bonds.